The van der Waals surface area contributed by atoms with Crippen molar-refractivity contribution in [2.24, 2.45) is 0 Å². The van der Waals surface area contributed by atoms with Crippen LogP contribution in [0.3, 0.4) is 0 Å². The quantitative estimate of drug-likeness (QED) is 0.118. The molecule has 1 aromatic heterocycles. The summed E-state index contributed by atoms with van der Waals surface area (Å²) in [6, 6.07) is 18.0. The summed E-state index contributed by atoms with van der Waals surface area (Å²) >= 11 is 0. The summed E-state index contributed by atoms with van der Waals surface area (Å²) < 4.78 is 42.0. The summed E-state index contributed by atoms with van der Waals surface area (Å²) in [5.74, 6) is -4.07. The Morgan fingerprint density at radius 2 is 1.69 bits per heavy atom. The third-order valence-corrected chi connectivity index (χ3v) is 13.9. The van der Waals surface area contributed by atoms with Gasteiger partial charge in [-0.1, -0.05) is 49.4 Å². The first-order valence-corrected chi connectivity index (χ1v) is 22.6. The highest BCUT2D eigenvalue weighted by Gasteiger charge is 2.47. The second kappa shape index (κ2) is 18.9. The van der Waals surface area contributed by atoms with Crippen molar-refractivity contribution in [1.82, 2.24) is 30.1 Å². The van der Waals surface area contributed by atoms with E-state index in [0.29, 0.717) is 56.1 Å². The summed E-state index contributed by atoms with van der Waals surface area (Å²) in [4.78, 5) is 77.3. The lowest BCUT2D eigenvalue weighted by atomic mass is 10.0. The smallest absolute Gasteiger partial charge is 0.355 e. The molecule has 3 aliphatic heterocycles. The van der Waals surface area contributed by atoms with Gasteiger partial charge in [0.2, 0.25) is 23.6 Å². The number of benzene rings is 3. The van der Waals surface area contributed by atoms with Crippen LogP contribution in [-0.2, 0) is 28.5 Å². The van der Waals surface area contributed by atoms with Crippen LogP contribution >= 0.6 is 7.52 Å². The number of ether oxygens (including phenoxy) is 1. The molecule has 3 fully saturated rings. The summed E-state index contributed by atoms with van der Waals surface area (Å²) in [7, 11) is -4.50. The van der Waals surface area contributed by atoms with Gasteiger partial charge in [0.25, 0.3) is 5.91 Å². The van der Waals surface area contributed by atoms with Crippen LogP contribution in [0.5, 0.6) is 5.75 Å². The third kappa shape index (κ3) is 9.79. The molecule has 7 atom stereocenters. The Kier molecular flexibility index (Phi) is 13.5. The van der Waals surface area contributed by atoms with Crippen LogP contribution in [0, 0.1) is 0 Å². The number of carbonyl (C=O) groups excluding carboxylic acids is 5. The van der Waals surface area contributed by atoms with Crippen LogP contribution in [-0.4, -0.2) is 106 Å². The monoisotopic (exact) mass is 854 g/mol. The predicted octanol–water partition coefficient (Wildman–Crippen LogP) is 6.13. The van der Waals surface area contributed by atoms with Crippen LogP contribution in [0.15, 0.2) is 91.3 Å². The summed E-state index contributed by atoms with van der Waals surface area (Å²) in [6.45, 7) is 6.19. The molecule has 0 radical (unpaired) electrons. The molecule has 4 heterocycles. The molecular formula is C45H52FN6O8P. The van der Waals surface area contributed by atoms with Gasteiger partial charge in [0, 0.05) is 63.0 Å². The number of nitrogens with one attached hydrogen (secondary N) is 2. The fourth-order valence-corrected chi connectivity index (χ4v) is 10.4. The van der Waals surface area contributed by atoms with Crippen molar-refractivity contribution in [2.75, 3.05) is 32.8 Å². The second-order valence-electron chi connectivity index (χ2n) is 16.0. The number of pyridine rings is 1. The highest BCUT2D eigenvalue weighted by atomic mass is 31.2. The van der Waals surface area contributed by atoms with Crippen molar-refractivity contribution in [2.45, 2.75) is 88.9 Å². The largest absolute Gasteiger partial charge is 0.465 e. The number of alkyl halides is 1. The lowest BCUT2D eigenvalue weighted by molar-refractivity contribution is -0.148. The predicted molar refractivity (Wildman–Crippen MR) is 226 cm³/mol. The molecule has 3 aromatic carbocycles. The molecule has 14 nitrogen and oxygen atoms in total. The van der Waals surface area contributed by atoms with Gasteiger partial charge in [0.05, 0.1) is 6.61 Å². The van der Waals surface area contributed by atoms with Crippen molar-refractivity contribution < 1.29 is 42.2 Å². The number of hydrogen-bond acceptors (Lipinski definition) is 9. The van der Waals surface area contributed by atoms with E-state index in [1.54, 1.807) is 52.4 Å². The summed E-state index contributed by atoms with van der Waals surface area (Å²) in [6.07, 6.45) is 6.49. The molecule has 4 amide bonds. The SMILES string of the molecule is CCCOC(=O)[C@H](C)NP(=O)(Oc1ccccc1)C(F)c1ccc2ccc(C(=O)N[C@H]3CN(C(C)=O)CC[C@H]4CC[C@@H](C(=O)N5CCC(c6cccnc6)C5)N4C3=O)cc2c1. The van der Waals surface area contributed by atoms with Gasteiger partial charge < -0.3 is 29.3 Å². The minimum atomic E-state index is -4.50. The van der Waals surface area contributed by atoms with Crippen molar-refractivity contribution in [3.63, 3.8) is 0 Å². The van der Waals surface area contributed by atoms with Crippen molar-refractivity contribution in [3.05, 3.63) is 108 Å². The molecule has 0 aliphatic carbocycles. The number of aromatic nitrogens is 1. The standard InChI is InChI=1S/C45H52FN6O8P/c1-4-23-59-45(57)29(2)49-61(58,60-38-10-6-5-7-11-38)41(46)32-14-12-31-13-15-33(25-36(31)24-32)42(54)48-39-28-50(30(3)53)22-19-37-16-17-40(52(37)43(39)55)44(56)51-21-18-35(27-51)34-9-8-20-47-26-34/h5-15,20,24-26,29,35,37,39-41H,4,16-19,21-23,27-28H2,1-3H3,(H,48,54)(H,49,58)/t29-,35?,37+,39-,40-,41?,61?/m0/s1. The number of halogens is 1. The van der Waals surface area contributed by atoms with E-state index in [9.17, 15) is 28.5 Å². The first-order valence-electron chi connectivity index (χ1n) is 20.9. The molecular weight excluding hydrogens is 803 g/mol. The maximum Gasteiger partial charge on any atom is 0.355 e. The van der Waals surface area contributed by atoms with Crippen LogP contribution < -0.4 is 14.9 Å². The van der Waals surface area contributed by atoms with E-state index in [4.69, 9.17) is 9.26 Å². The fraction of sp³-hybridized carbons (Fsp3) is 0.422. The molecule has 16 heteroatoms. The molecule has 0 bridgehead atoms. The number of hydrogen-bond donors (Lipinski definition) is 2. The van der Waals surface area contributed by atoms with Gasteiger partial charge in [-0.2, -0.15) is 0 Å². The Morgan fingerprint density at radius 1 is 0.918 bits per heavy atom. The van der Waals surface area contributed by atoms with Gasteiger partial charge >= 0.3 is 13.5 Å². The average molecular weight is 855 g/mol. The van der Waals surface area contributed by atoms with Gasteiger partial charge in [0.1, 0.15) is 23.9 Å². The molecule has 61 heavy (non-hydrogen) atoms. The van der Waals surface area contributed by atoms with Crippen molar-refractivity contribution in [1.29, 1.82) is 0 Å². The molecule has 322 valence electrons. The highest BCUT2D eigenvalue weighted by molar-refractivity contribution is 7.57. The number of carbonyl (C=O) groups is 5. The van der Waals surface area contributed by atoms with E-state index in [1.165, 1.54) is 44.2 Å². The lowest BCUT2D eigenvalue weighted by Crippen LogP contribution is -2.61. The molecule has 2 N–H and O–H groups in total. The van der Waals surface area contributed by atoms with Gasteiger partial charge in [0.15, 0.2) is 0 Å². The zero-order valence-corrected chi connectivity index (χ0v) is 35.5. The number of amides is 4. The van der Waals surface area contributed by atoms with E-state index in [-0.39, 0.29) is 53.8 Å². The summed E-state index contributed by atoms with van der Waals surface area (Å²) in [5.41, 5.74) is 1.19. The second-order valence-corrected chi connectivity index (χ2v) is 18.1. The Hall–Kier alpha value is -5.66. The lowest BCUT2D eigenvalue weighted by Gasteiger charge is -2.39. The minimum absolute atomic E-state index is 0.0289. The van der Waals surface area contributed by atoms with E-state index in [0.717, 1.165) is 12.0 Å². The normalized spacial score (nSPS) is 22.4. The first-order chi connectivity index (χ1) is 29.3. The molecule has 3 unspecified atom stereocenters. The highest BCUT2D eigenvalue weighted by Crippen LogP contribution is 2.58. The Labute approximate surface area is 354 Å². The molecule has 3 saturated heterocycles. The van der Waals surface area contributed by atoms with E-state index >= 15 is 4.39 Å². The van der Waals surface area contributed by atoms with Gasteiger partial charge in [-0.05, 0) is 97.3 Å². The van der Waals surface area contributed by atoms with Crippen LogP contribution in [0.25, 0.3) is 10.8 Å². The third-order valence-electron chi connectivity index (χ3n) is 11.7. The molecule has 0 saturated carbocycles. The van der Waals surface area contributed by atoms with Crippen molar-refractivity contribution in [3.8, 4) is 5.75 Å². The van der Waals surface area contributed by atoms with Gasteiger partial charge in [-0.3, -0.25) is 33.5 Å². The minimum Gasteiger partial charge on any atom is -0.465 e. The molecule has 4 aromatic rings. The topological polar surface area (TPSA) is 168 Å². The number of fused-ring (bicyclic) bond motifs is 2. The van der Waals surface area contributed by atoms with E-state index in [1.807, 2.05) is 30.2 Å². The molecule has 7 rings (SSSR count). The Morgan fingerprint density at radius 3 is 2.43 bits per heavy atom. The zero-order chi connectivity index (χ0) is 43.3. The van der Waals surface area contributed by atoms with Crippen LogP contribution in [0.4, 0.5) is 4.39 Å². The Bertz CT molecular complexity index is 2300. The number of likely N-dealkylation sites (tertiary alicyclic amines) is 1. The van der Waals surface area contributed by atoms with Gasteiger partial charge in [-0.25, -0.2) is 9.48 Å². The van der Waals surface area contributed by atoms with E-state index < -0.39 is 49.3 Å². The molecule has 0 spiro atoms. The number of para-hydroxylation sites is 1. The van der Waals surface area contributed by atoms with Crippen molar-refractivity contribution >= 4 is 47.9 Å². The average Bonchev–Trinajstić information content (AvgIpc) is 3.93. The number of esters is 1. The van der Waals surface area contributed by atoms with E-state index in [2.05, 4.69) is 15.4 Å². The maximum atomic E-state index is 16.7. The Balaban J connectivity index is 1.11. The van der Waals surface area contributed by atoms with Crippen LogP contribution in [0.2, 0.25) is 0 Å². The fourth-order valence-electron chi connectivity index (χ4n) is 8.49. The van der Waals surface area contributed by atoms with Gasteiger partial charge in [-0.15, -0.1) is 0 Å². The van der Waals surface area contributed by atoms with Crippen LogP contribution in [0.1, 0.15) is 86.2 Å². The molecule has 3 aliphatic rings. The number of rotatable bonds is 13. The first kappa shape index (κ1) is 43.4. The zero-order valence-electron chi connectivity index (χ0n) is 34.6. The maximum absolute atomic E-state index is 16.7. The number of nitrogens with zero attached hydrogens (tertiary/aromatic N) is 4. The summed E-state index contributed by atoms with van der Waals surface area (Å²) in [5, 5.41) is 6.52.